The summed E-state index contributed by atoms with van der Waals surface area (Å²) in [6, 6.07) is 17.0. The van der Waals surface area contributed by atoms with Crippen LogP contribution >= 0.6 is 23.2 Å². The van der Waals surface area contributed by atoms with Crippen molar-refractivity contribution < 1.29 is 22.7 Å². The largest absolute Gasteiger partial charge is 0.495 e. The van der Waals surface area contributed by atoms with Crippen molar-refractivity contribution in [2.45, 2.75) is 4.90 Å². The van der Waals surface area contributed by atoms with Crippen LogP contribution < -0.4 is 19.1 Å². The Labute approximate surface area is 196 Å². The maximum Gasteiger partial charge on any atom is 0.264 e. The molecule has 0 saturated carbocycles. The van der Waals surface area contributed by atoms with Crippen molar-refractivity contribution in [3.05, 3.63) is 76.8 Å². The first-order valence-corrected chi connectivity index (χ1v) is 11.5. The first-order chi connectivity index (χ1) is 15.3. The van der Waals surface area contributed by atoms with Crippen molar-refractivity contribution in [1.29, 1.82) is 0 Å². The molecule has 0 aliphatic rings. The Kier molecular flexibility index (Phi) is 7.50. The van der Waals surface area contributed by atoms with Crippen molar-refractivity contribution >= 4 is 50.5 Å². The number of sulfonamides is 1. The SMILES string of the molecule is COc1cc(NC(=O)CN(c2ccc(Cl)cc2)S(=O)(=O)c2ccccc2)c(OC)cc1Cl. The van der Waals surface area contributed by atoms with Gasteiger partial charge in [-0.15, -0.1) is 0 Å². The molecule has 0 radical (unpaired) electrons. The molecule has 0 aliphatic heterocycles. The van der Waals surface area contributed by atoms with E-state index in [9.17, 15) is 13.2 Å². The van der Waals surface area contributed by atoms with Crippen LogP contribution in [0, 0.1) is 0 Å². The molecule has 168 valence electrons. The summed E-state index contributed by atoms with van der Waals surface area (Å²) in [4.78, 5) is 13.0. The highest BCUT2D eigenvalue weighted by molar-refractivity contribution is 7.92. The van der Waals surface area contributed by atoms with E-state index in [1.165, 1.54) is 50.6 Å². The van der Waals surface area contributed by atoms with Crippen molar-refractivity contribution in [1.82, 2.24) is 0 Å². The number of halogens is 2. The second-order valence-corrected chi connectivity index (χ2v) is 9.24. The van der Waals surface area contributed by atoms with E-state index in [1.807, 2.05) is 0 Å². The predicted octanol–water partition coefficient (Wildman–Crippen LogP) is 4.84. The summed E-state index contributed by atoms with van der Waals surface area (Å²) < 4.78 is 38.1. The molecule has 0 aliphatic carbocycles. The minimum absolute atomic E-state index is 0.0495. The van der Waals surface area contributed by atoms with E-state index >= 15 is 0 Å². The molecule has 3 aromatic carbocycles. The first kappa shape index (κ1) is 23.7. The minimum atomic E-state index is -4.04. The summed E-state index contributed by atoms with van der Waals surface area (Å²) in [5, 5.41) is 3.40. The van der Waals surface area contributed by atoms with Gasteiger partial charge in [-0.25, -0.2) is 8.42 Å². The van der Waals surface area contributed by atoms with E-state index in [4.69, 9.17) is 32.7 Å². The van der Waals surface area contributed by atoms with Gasteiger partial charge in [-0.2, -0.15) is 0 Å². The van der Waals surface area contributed by atoms with Crippen LogP contribution in [0.2, 0.25) is 10.0 Å². The molecular formula is C22H20Cl2N2O5S. The lowest BCUT2D eigenvalue weighted by molar-refractivity contribution is -0.114. The molecule has 1 N–H and O–H groups in total. The Bertz CT molecular complexity index is 1200. The van der Waals surface area contributed by atoms with Gasteiger partial charge in [0.1, 0.15) is 18.0 Å². The third-order valence-electron chi connectivity index (χ3n) is 4.48. The van der Waals surface area contributed by atoms with Crippen molar-refractivity contribution in [3.63, 3.8) is 0 Å². The lowest BCUT2D eigenvalue weighted by Gasteiger charge is -2.24. The summed E-state index contributed by atoms with van der Waals surface area (Å²) in [5.74, 6) is 0.0319. The molecule has 0 saturated heterocycles. The standard InChI is InChI=1S/C22H20Cl2N2O5S/c1-30-20-13-19(21(31-2)12-18(20)24)25-22(27)14-26(16-10-8-15(23)9-11-16)32(28,29)17-6-4-3-5-7-17/h3-13H,14H2,1-2H3,(H,25,27). The number of carbonyl (C=O) groups is 1. The zero-order valence-electron chi connectivity index (χ0n) is 17.2. The quantitative estimate of drug-likeness (QED) is 0.483. The second kappa shape index (κ2) is 10.1. The molecule has 0 spiro atoms. The number of hydrogen-bond acceptors (Lipinski definition) is 5. The highest BCUT2D eigenvalue weighted by Gasteiger charge is 2.27. The third-order valence-corrected chi connectivity index (χ3v) is 6.82. The summed E-state index contributed by atoms with van der Waals surface area (Å²) >= 11 is 12.1. The second-order valence-electron chi connectivity index (χ2n) is 6.54. The van der Waals surface area contributed by atoms with E-state index in [0.717, 1.165) is 4.31 Å². The van der Waals surface area contributed by atoms with Crippen molar-refractivity contribution in [2.75, 3.05) is 30.4 Å². The Hall–Kier alpha value is -2.94. The van der Waals surface area contributed by atoms with Crippen LogP contribution in [0.4, 0.5) is 11.4 Å². The molecule has 0 heterocycles. The maximum absolute atomic E-state index is 13.3. The smallest absolute Gasteiger partial charge is 0.264 e. The molecule has 1 amide bonds. The molecular weight excluding hydrogens is 475 g/mol. The van der Waals surface area contributed by atoms with Crippen molar-refractivity contribution in [2.24, 2.45) is 0 Å². The van der Waals surface area contributed by atoms with E-state index in [-0.39, 0.29) is 16.3 Å². The Morgan fingerprint density at radius 3 is 2.16 bits per heavy atom. The number of methoxy groups -OCH3 is 2. The fourth-order valence-corrected chi connectivity index (χ4v) is 4.72. The number of ether oxygens (including phenoxy) is 2. The summed E-state index contributed by atoms with van der Waals surface area (Å²) in [5.41, 5.74) is 0.570. The lowest BCUT2D eigenvalue weighted by Crippen LogP contribution is -2.38. The average Bonchev–Trinajstić information content (AvgIpc) is 2.79. The van der Waals surface area contributed by atoms with Crippen LogP contribution in [0.5, 0.6) is 11.5 Å². The predicted molar refractivity (Wildman–Crippen MR) is 126 cm³/mol. The number of rotatable bonds is 8. The topological polar surface area (TPSA) is 84.9 Å². The molecule has 0 unspecified atom stereocenters. The zero-order valence-corrected chi connectivity index (χ0v) is 19.5. The van der Waals surface area contributed by atoms with E-state index in [1.54, 1.807) is 30.3 Å². The van der Waals surface area contributed by atoms with Gasteiger partial charge in [-0.3, -0.25) is 9.10 Å². The molecule has 0 aromatic heterocycles. The van der Waals surface area contributed by atoms with Gasteiger partial charge in [0, 0.05) is 17.2 Å². The average molecular weight is 495 g/mol. The number of amides is 1. The number of nitrogens with one attached hydrogen (secondary N) is 1. The number of hydrogen-bond donors (Lipinski definition) is 1. The van der Waals surface area contributed by atoms with E-state index in [2.05, 4.69) is 5.32 Å². The van der Waals surface area contributed by atoms with Crippen LogP contribution in [0.1, 0.15) is 0 Å². The van der Waals surface area contributed by atoms with Gasteiger partial charge < -0.3 is 14.8 Å². The fraction of sp³-hybridized carbons (Fsp3) is 0.136. The van der Waals surface area contributed by atoms with Gasteiger partial charge in [0.15, 0.2) is 0 Å². The molecule has 0 bridgehead atoms. The monoisotopic (exact) mass is 494 g/mol. The molecule has 10 heteroatoms. The molecule has 7 nitrogen and oxygen atoms in total. The molecule has 3 rings (SSSR count). The molecule has 0 atom stereocenters. The third kappa shape index (κ3) is 5.27. The van der Waals surface area contributed by atoms with Gasteiger partial charge in [0.25, 0.3) is 10.0 Å². The summed E-state index contributed by atoms with van der Waals surface area (Å²) in [7, 11) is -1.17. The number of nitrogens with zero attached hydrogens (tertiary/aromatic N) is 1. The van der Waals surface area contributed by atoms with Gasteiger partial charge in [0.05, 0.1) is 35.5 Å². The fourth-order valence-electron chi connectivity index (χ4n) is 2.92. The highest BCUT2D eigenvalue weighted by Crippen LogP contribution is 2.36. The summed E-state index contributed by atoms with van der Waals surface area (Å²) in [6.45, 7) is -0.493. The van der Waals surface area contributed by atoms with Gasteiger partial charge in [0.2, 0.25) is 5.91 Å². The van der Waals surface area contributed by atoms with Crippen LogP contribution in [0.3, 0.4) is 0 Å². The van der Waals surface area contributed by atoms with Crippen LogP contribution in [-0.2, 0) is 14.8 Å². The van der Waals surface area contributed by atoms with Crippen LogP contribution in [-0.4, -0.2) is 35.1 Å². The van der Waals surface area contributed by atoms with Crippen LogP contribution in [0.15, 0.2) is 71.6 Å². The molecule has 0 fully saturated rings. The Morgan fingerprint density at radius 2 is 1.56 bits per heavy atom. The number of carbonyl (C=O) groups excluding carboxylic acids is 1. The van der Waals surface area contributed by atoms with Gasteiger partial charge in [-0.05, 0) is 36.4 Å². The Morgan fingerprint density at radius 1 is 0.938 bits per heavy atom. The van der Waals surface area contributed by atoms with Crippen molar-refractivity contribution in [3.8, 4) is 11.5 Å². The Balaban J connectivity index is 1.95. The van der Waals surface area contributed by atoms with E-state index in [0.29, 0.717) is 21.5 Å². The minimum Gasteiger partial charge on any atom is -0.495 e. The summed E-state index contributed by atoms with van der Waals surface area (Å²) in [6.07, 6.45) is 0. The number of anilines is 2. The van der Waals surface area contributed by atoms with E-state index < -0.39 is 22.5 Å². The zero-order chi connectivity index (χ0) is 23.3. The highest BCUT2D eigenvalue weighted by atomic mass is 35.5. The molecule has 32 heavy (non-hydrogen) atoms. The first-order valence-electron chi connectivity index (χ1n) is 9.31. The number of benzene rings is 3. The lowest BCUT2D eigenvalue weighted by atomic mass is 10.2. The molecule has 3 aromatic rings. The van der Waals surface area contributed by atoms with Gasteiger partial charge in [-0.1, -0.05) is 41.4 Å². The maximum atomic E-state index is 13.3. The van der Waals surface area contributed by atoms with Crippen LogP contribution in [0.25, 0.3) is 0 Å². The normalized spacial score (nSPS) is 11.0. The van der Waals surface area contributed by atoms with Gasteiger partial charge >= 0.3 is 0 Å².